The van der Waals surface area contributed by atoms with Gasteiger partial charge in [0, 0.05) is 17.3 Å². The van der Waals surface area contributed by atoms with Crippen molar-refractivity contribution in [3.05, 3.63) is 59.2 Å². The Balaban J connectivity index is 2.12. The van der Waals surface area contributed by atoms with E-state index in [1.54, 1.807) is 24.3 Å². The first-order valence-electron chi connectivity index (χ1n) is 6.09. The molecule has 21 heavy (non-hydrogen) atoms. The molecule has 1 aromatic carbocycles. The lowest BCUT2D eigenvalue weighted by atomic mass is 10.1. The van der Waals surface area contributed by atoms with Crippen LogP contribution < -0.4 is 4.74 Å². The predicted octanol–water partition coefficient (Wildman–Crippen LogP) is 2.02. The highest BCUT2D eigenvalue weighted by Crippen LogP contribution is 2.16. The lowest BCUT2D eigenvalue weighted by Crippen LogP contribution is -2.00. The number of hydrogen-bond donors (Lipinski definition) is 1. The zero-order chi connectivity index (χ0) is 15.1. The van der Waals surface area contributed by atoms with E-state index in [9.17, 15) is 4.39 Å². The van der Waals surface area contributed by atoms with Crippen LogP contribution >= 0.6 is 0 Å². The second-order valence-corrected chi connectivity index (χ2v) is 4.05. The minimum atomic E-state index is -0.579. The van der Waals surface area contributed by atoms with Crippen LogP contribution in [0.1, 0.15) is 16.7 Å². The summed E-state index contributed by atoms with van der Waals surface area (Å²) in [5.41, 5.74) is 0.866. The first-order valence-corrected chi connectivity index (χ1v) is 6.09. The van der Waals surface area contributed by atoms with Crippen molar-refractivity contribution in [2.45, 2.75) is 6.61 Å². The number of nitriles is 1. The zero-order valence-electron chi connectivity index (χ0n) is 11.0. The summed E-state index contributed by atoms with van der Waals surface area (Å²) in [6.45, 7) is -0.253. The SMILES string of the molecule is N#Cc1cccc(COc2cncc(C#CCO)c2)c1F. The number of rotatable bonds is 3. The van der Waals surface area contributed by atoms with Gasteiger partial charge in [0.1, 0.15) is 30.8 Å². The predicted molar refractivity (Wildman–Crippen MR) is 73.6 cm³/mol. The third kappa shape index (κ3) is 3.79. The molecule has 0 fully saturated rings. The average molecular weight is 282 g/mol. The Kier molecular flexibility index (Phi) is 4.87. The van der Waals surface area contributed by atoms with Crippen LogP contribution in [0, 0.1) is 29.0 Å². The van der Waals surface area contributed by atoms with Gasteiger partial charge >= 0.3 is 0 Å². The Labute approximate surface area is 121 Å². The number of hydrogen-bond acceptors (Lipinski definition) is 4. The van der Waals surface area contributed by atoms with Crippen LogP contribution in [-0.4, -0.2) is 16.7 Å². The van der Waals surface area contributed by atoms with Gasteiger partial charge in [-0.3, -0.25) is 4.98 Å². The Morgan fingerprint density at radius 2 is 2.19 bits per heavy atom. The smallest absolute Gasteiger partial charge is 0.147 e. The van der Waals surface area contributed by atoms with Crippen molar-refractivity contribution >= 4 is 0 Å². The third-order valence-electron chi connectivity index (χ3n) is 2.62. The molecule has 104 valence electrons. The number of ether oxygens (including phenoxy) is 1. The van der Waals surface area contributed by atoms with Gasteiger partial charge < -0.3 is 9.84 Å². The second kappa shape index (κ2) is 7.04. The van der Waals surface area contributed by atoms with Crippen molar-refractivity contribution in [1.82, 2.24) is 4.98 Å². The molecule has 0 unspecified atom stereocenters. The van der Waals surface area contributed by atoms with Crippen LogP contribution in [0.5, 0.6) is 5.75 Å². The van der Waals surface area contributed by atoms with Crippen molar-refractivity contribution < 1.29 is 14.2 Å². The van der Waals surface area contributed by atoms with Crippen molar-refractivity contribution in [2.75, 3.05) is 6.61 Å². The highest BCUT2D eigenvalue weighted by molar-refractivity contribution is 5.37. The topological polar surface area (TPSA) is 66.1 Å². The Hall–Kier alpha value is -2.89. The standard InChI is InChI=1S/C16H11FN2O2/c17-16-13(8-18)4-1-5-14(16)11-21-15-7-12(3-2-6-20)9-19-10-15/h1,4-5,7,9-10,20H,6,11H2. The lowest BCUT2D eigenvalue weighted by molar-refractivity contribution is 0.298. The van der Waals surface area contributed by atoms with Gasteiger partial charge in [-0.1, -0.05) is 24.0 Å². The molecule has 1 aromatic heterocycles. The zero-order valence-corrected chi connectivity index (χ0v) is 11.0. The number of aliphatic hydroxyl groups excluding tert-OH is 1. The Morgan fingerprint density at radius 3 is 2.95 bits per heavy atom. The molecule has 0 bridgehead atoms. The van der Waals surface area contributed by atoms with Crippen LogP contribution in [0.4, 0.5) is 4.39 Å². The van der Waals surface area contributed by atoms with E-state index in [-0.39, 0.29) is 18.8 Å². The van der Waals surface area contributed by atoms with E-state index in [1.165, 1.54) is 18.5 Å². The first kappa shape index (κ1) is 14.5. The molecular weight excluding hydrogens is 271 g/mol. The van der Waals surface area contributed by atoms with Gasteiger partial charge in [0.25, 0.3) is 0 Å². The molecule has 5 heteroatoms. The van der Waals surface area contributed by atoms with Crippen LogP contribution in [0.15, 0.2) is 36.7 Å². The number of pyridine rings is 1. The van der Waals surface area contributed by atoms with Crippen LogP contribution in [0.2, 0.25) is 0 Å². The molecule has 0 radical (unpaired) electrons. The molecule has 0 spiro atoms. The molecule has 1 heterocycles. The maximum Gasteiger partial charge on any atom is 0.147 e. The maximum absolute atomic E-state index is 13.9. The largest absolute Gasteiger partial charge is 0.487 e. The summed E-state index contributed by atoms with van der Waals surface area (Å²) in [6, 6.07) is 7.98. The molecule has 2 aromatic rings. The maximum atomic E-state index is 13.9. The summed E-state index contributed by atoms with van der Waals surface area (Å²) >= 11 is 0. The fourth-order valence-electron chi connectivity index (χ4n) is 1.65. The summed E-state index contributed by atoms with van der Waals surface area (Å²) in [6.07, 6.45) is 3.02. The molecule has 0 aliphatic heterocycles. The summed E-state index contributed by atoms with van der Waals surface area (Å²) in [7, 11) is 0. The monoisotopic (exact) mass is 282 g/mol. The summed E-state index contributed by atoms with van der Waals surface area (Å²) in [5.74, 6) is 5.06. The van der Waals surface area contributed by atoms with Crippen LogP contribution in [0.25, 0.3) is 0 Å². The van der Waals surface area contributed by atoms with Gasteiger partial charge in [0.2, 0.25) is 0 Å². The number of aromatic nitrogens is 1. The summed E-state index contributed by atoms with van der Waals surface area (Å²) in [4.78, 5) is 3.95. The molecule has 0 atom stereocenters. The average Bonchev–Trinajstić information content (AvgIpc) is 2.52. The number of halogens is 1. The fourth-order valence-corrected chi connectivity index (χ4v) is 1.65. The van der Waals surface area contributed by atoms with Crippen molar-refractivity contribution in [1.29, 1.82) is 5.26 Å². The minimum absolute atomic E-state index is 0.0140. The van der Waals surface area contributed by atoms with Crippen molar-refractivity contribution in [2.24, 2.45) is 0 Å². The van der Waals surface area contributed by atoms with Gasteiger partial charge in [-0.05, 0) is 12.1 Å². The first-order chi connectivity index (χ1) is 10.2. The highest BCUT2D eigenvalue weighted by atomic mass is 19.1. The van der Waals surface area contributed by atoms with Gasteiger partial charge in [-0.2, -0.15) is 5.26 Å². The second-order valence-electron chi connectivity index (χ2n) is 4.05. The van der Waals surface area contributed by atoms with Gasteiger partial charge in [-0.25, -0.2) is 4.39 Å². The number of aliphatic hydroxyl groups is 1. The molecule has 4 nitrogen and oxygen atoms in total. The van der Waals surface area contributed by atoms with E-state index < -0.39 is 5.82 Å². The molecule has 0 aliphatic carbocycles. The Bertz CT molecular complexity index is 742. The number of nitrogens with zero attached hydrogens (tertiary/aromatic N) is 2. The van der Waals surface area contributed by atoms with E-state index in [4.69, 9.17) is 15.1 Å². The normalized spacial score (nSPS) is 9.38. The highest BCUT2D eigenvalue weighted by Gasteiger charge is 2.08. The van der Waals surface area contributed by atoms with Gasteiger partial charge in [0.15, 0.2) is 0 Å². The van der Waals surface area contributed by atoms with Crippen molar-refractivity contribution in [3.8, 4) is 23.7 Å². The molecule has 0 aliphatic rings. The van der Waals surface area contributed by atoms with Gasteiger partial charge in [-0.15, -0.1) is 0 Å². The Morgan fingerprint density at radius 1 is 1.33 bits per heavy atom. The van der Waals surface area contributed by atoms with E-state index >= 15 is 0 Å². The molecule has 1 N–H and O–H groups in total. The van der Waals surface area contributed by atoms with Crippen LogP contribution in [0.3, 0.4) is 0 Å². The third-order valence-corrected chi connectivity index (χ3v) is 2.62. The molecular formula is C16H11FN2O2. The molecule has 0 saturated carbocycles. The van der Waals surface area contributed by atoms with Crippen LogP contribution in [-0.2, 0) is 6.61 Å². The molecule has 0 saturated heterocycles. The quantitative estimate of drug-likeness (QED) is 0.875. The minimum Gasteiger partial charge on any atom is -0.487 e. The number of benzene rings is 1. The lowest BCUT2D eigenvalue weighted by Gasteiger charge is -2.07. The van der Waals surface area contributed by atoms with E-state index in [2.05, 4.69) is 16.8 Å². The van der Waals surface area contributed by atoms with E-state index in [0.29, 0.717) is 16.9 Å². The molecule has 2 rings (SSSR count). The van der Waals surface area contributed by atoms with E-state index in [1.807, 2.05) is 0 Å². The molecule has 0 amide bonds. The fraction of sp³-hybridized carbons (Fsp3) is 0.125. The van der Waals surface area contributed by atoms with Gasteiger partial charge in [0.05, 0.1) is 11.8 Å². The van der Waals surface area contributed by atoms with Crippen molar-refractivity contribution in [3.63, 3.8) is 0 Å². The summed E-state index contributed by atoms with van der Waals surface area (Å²) < 4.78 is 19.3. The van der Waals surface area contributed by atoms with E-state index in [0.717, 1.165) is 0 Å². The summed E-state index contributed by atoms with van der Waals surface area (Å²) in [5, 5.41) is 17.4.